The van der Waals surface area contributed by atoms with Crippen LogP contribution in [0.25, 0.3) is 10.8 Å². The number of fused-ring (bicyclic) bond motifs is 2. The highest BCUT2D eigenvalue weighted by Crippen LogP contribution is 2.30. The van der Waals surface area contributed by atoms with Crippen molar-refractivity contribution in [1.29, 1.82) is 0 Å². The minimum atomic E-state index is -4.06. The zero-order valence-electron chi connectivity index (χ0n) is 14.7. The van der Waals surface area contributed by atoms with E-state index in [-0.39, 0.29) is 10.6 Å². The van der Waals surface area contributed by atoms with Crippen LogP contribution in [0.15, 0.2) is 59.5 Å². The van der Waals surface area contributed by atoms with Crippen molar-refractivity contribution in [2.45, 2.75) is 17.4 Å². The van der Waals surface area contributed by atoms with Crippen LogP contribution in [0.3, 0.4) is 0 Å². The Balaban J connectivity index is 1.69. The van der Waals surface area contributed by atoms with Gasteiger partial charge >= 0.3 is 10.1 Å². The summed E-state index contributed by atoms with van der Waals surface area (Å²) in [6, 6.07) is 14.1. The van der Waals surface area contributed by atoms with Crippen LogP contribution >= 0.6 is 11.6 Å². The monoisotopic (exact) mass is 416 g/mol. The first-order valence-corrected chi connectivity index (χ1v) is 10.4. The fourth-order valence-electron chi connectivity index (χ4n) is 3.39. The lowest BCUT2D eigenvalue weighted by molar-refractivity contribution is -0.120. The van der Waals surface area contributed by atoms with E-state index in [0.717, 1.165) is 17.4 Å². The third kappa shape index (κ3) is 3.44. The molecule has 1 atom stereocenters. The maximum Gasteiger partial charge on any atom is 0.339 e. The first-order valence-electron chi connectivity index (χ1n) is 8.63. The van der Waals surface area contributed by atoms with Crippen molar-refractivity contribution in [3.05, 3.63) is 70.7 Å². The molecule has 0 aliphatic carbocycles. The summed E-state index contributed by atoms with van der Waals surface area (Å²) < 4.78 is 30.8. The van der Waals surface area contributed by atoms with Crippen molar-refractivity contribution in [3.8, 4) is 5.75 Å². The molecule has 3 aromatic carbocycles. The third-order valence-electron chi connectivity index (χ3n) is 4.75. The molecule has 0 spiro atoms. The molecule has 0 aromatic heterocycles. The van der Waals surface area contributed by atoms with E-state index in [4.69, 9.17) is 21.5 Å². The summed E-state index contributed by atoms with van der Waals surface area (Å²) >= 11 is 6.14. The van der Waals surface area contributed by atoms with Crippen LogP contribution in [-0.2, 0) is 21.3 Å². The molecule has 4 rings (SSSR count). The summed E-state index contributed by atoms with van der Waals surface area (Å²) in [5, 5.41) is 5.03. The van der Waals surface area contributed by atoms with Crippen LogP contribution in [0.4, 0.5) is 0 Å². The van der Waals surface area contributed by atoms with Crippen LogP contribution in [0.5, 0.6) is 5.75 Å². The van der Waals surface area contributed by atoms with E-state index >= 15 is 0 Å². The SMILES string of the molecule is NC(=O)C1NCCc2ccc(OS(=O)(=O)c3ccc4c(Cl)cccc4c3)cc21. The molecule has 1 aliphatic rings. The lowest BCUT2D eigenvalue weighted by Crippen LogP contribution is -2.38. The van der Waals surface area contributed by atoms with Crippen LogP contribution in [0, 0.1) is 0 Å². The summed E-state index contributed by atoms with van der Waals surface area (Å²) in [7, 11) is -4.06. The number of carbonyl (C=O) groups is 1. The molecule has 0 radical (unpaired) electrons. The molecule has 3 aromatic rings. The molecular formula is C20H17ClN2O4S. The summed E-state index contributed by atoms with van der Waals surface area (Å²) in [6.45, 7) is 0.624. The molecule has 6 nitrogen and oxygen atoms in total. The van der Waals surface area contributed by atoms with Gasteiger partial charge in [0, 0.05) is 17.0 Å². The van der Waals surface area contributed by atoms with Gasteiger partial charge in [0.25, 0.3) is 0 Å². The van der Waals surface area contributed by atoms with Gasteiger partial charge in [-0.15, -0.1) is 0 Å². The summed E-state index contributed by atoms with van der Waals surface area (Å²) in [4.78, 5) is 11.7. The van der Waals surface area contributed by atoms with Crippen molar-refractivity contribution in [3.63, 3.8) is 0 Å². The molecule has 0 bridgehead atoms. The molecule has 8 heteroatoms. The molecule has 1 unspecified atom stereocenters. The minimum Gasteiger partial charge on any atom is -0.379 e. The van der Waals surface area contributed by atoms with E-state index in [1.807, 2.05) is 0 Å². The number of hydrogen-bond donors (Lipinski definition) is 2. The molecule has 1 amide bonds. The number of primary amides is 1. The van der Waals surface area contributed by atoms with E-state index in [2.05, 4.69) is 5.32 Å². The maximum atomic E-state index is 12.8. The van der Waals surface area contributed by atoms with Gasteiger partial charge in [-0.3, -0.25) is 4.79 Å². The predicted octanol–water partition coefficient (Wildman–Crippen LogP) is 2.93. The average molecular weight is 417 g/mol. The van der Waals surface area contributed by atoms with Gasteiger partial charge in [0.05, 0.1) is 0 Å². The van der Waals surface area contributed by atoms with Crippen molar-refractivity contribution < 1.29 is 17.4 Å². The fourth-order valence-corrected chi connectivity index (χ4v) is 4.59. The Morgan fingerprint density at radius 1 is 1.14 bits per heavy atom. The standard InChI is InChI=1S/C20H17ClN2O4S/c21-18-3-1-2-13-10-15(6-7-16(13)18)28(25,26)27-14-5-4-12-8-9-23-19(20(22)24)17(12)11-14/h1-7,10-11,19,23H,8-9H2,(H2,22,24). The molecular weight excluding hydrogens is 400 g/mol. The Hall–Kier alpha value is -2.61. The Labute approximate surface area is 167 Å². The summed E-state index contributed by atoms with van der Waals surface area (Å²) in [5.41, 5.74) is 7.02. The number of nitrogens with one attached hydrogen (secondary N) is 1. The zero-order valence-corrected chi connectivity index (χ0v) is 16.3. The van der Waals surface area contributed by atoms with Crippen LogP contribution in [0.1, 0.15) is 17.2 Å². The topological polar surface area (TPSA) is 98.5 Å². The second kappa shape index (κ2) is 7.09. The predicted molar refractivity (Wildman–Crippen MR) is 107 cm³/mol. The van der Waals surface area contributed by atoms with Gasteiger partial charge in [-0.2, -0.15) is 8.42 Å². The molecule has 0 saturated carbocycles. The highest BCUT2D eigenvalue weighted by atomic mass is 35.5. The highest BCUT2D eigenvalue weighted by Gasteiger charge is 2.26. The lowest BCUT2D eigenvalue weighted by atomic mass is 9.94. The first-order chi connectivity index (χ1) is 13.3. The minimum absolute atomic E-state index is 0.0181. The van der Waals surface area contributed by atoms with Gasteiger partial charge < -0.3 is 15.2 Å². The Morgan fingerprint density at radius 2 is 1.96 bits per heavy atom. The van der Waals surface area contributed by atoms with Crippen molar-refractivity contribution in [2.75, 3.05) is 6.54 Å². The first kappa shape index (κ1) is 18.7. The quantitative estimate of drug-likeness (QED) is 0.637. The molecule has 1 aliphatic heterocycles. The molecule has 28 heavy (non-hydrogen) atoms. The Kier molecular flexibility index (Phi) is 4.74. The van der Waals surface area contributed by atoms with E-state index in [9.17, 15) is 13.2 Å². The summed E-state index contributed by atoms with van der Waals surface area (Å²) in [5.74, 6) is -0.396. The Bertz CT molecular complexity index is 1190. The van der Waals surface area contributed by atoms with Crippen LogP contribution in [-0.4, -0.2) is 20.9 Å². The van der Waals surface area contributed by atoms with E-state index in [1.165, 1.54) is 12.1 Å². The fraction of sp³-hybridized carbons (Fsp3) is 0.150. The molecule has 0 fully saturated rings. The zero-order chi connectivity index (χ0) is 19.9. The van der Waals surface area contributed by atoms with Crippen molar-refractivity contribution in [1.82, 2.24) is 5.32 Å². The molecule has 3 N–H and O–H groups in total. The molecule has 0 saturated heterocycles. The number of rotatable bonds is 4. The molecule has 1 heterocycles. The van der Waals surface area contributed by atoms with Gasteiger partial charge in [0.1, 0.15) is 16.7 Å². The second-order valence-electron chi connectivity index (χ2n) is 6.56. The molecule has 144 valence electrons. The number of hydrogen-bond acceptors (Lipinski definition) is 5. The van der Waals surface area contributed by atoms with Crippen LogP contribution < -0.4 is 15.2 Å². The number of carbonyl (C=O) groups excluding carboxylic acids is 1. The Morgan fingerprint density at radius 3 is 2.75 bits per heavy atom. The van der Waals surface area contributed by atoms with Gasteiger partial charge in [0.15, 0.2) is 0 Å². The van der Waals surface area contributed by atoms with Gasteiger partial charge in [-0.25, -0.2) is 0 Å². The van der Waals surface area contributed by atoms with Crippen LogP contribution in [0.2, 0.25) is 5.02 Å². The van der Waals surface area contributed by atoms with Crippen molar-refractivity contribution in [2.24, 2.45) is 5.73 Å². The smallest absolute Gasteiger partial charge is 0.339 e. The highest BCUT2D eigenvalue weighted by molar-refractivity contribution is 7.87. The van der Waals surface area contributed by atoms with E-state index in [1.54, 1.807) is 42.5 Å². The van der Waals surface area contributed by atoms with E-state index < -0.39 is 22.1 Å². The van der Waals surface area contributed by atoms with Gasteiger partial charge in [0.2, 0.25) is 5.91 Å². The third-order valence-corrected chi connectivity index (χ3v) is 6.32. The maximum absolute atomic E-state index is 12.8. The normalized spacial score (nSPS) is 16.5. The van der Waals surface area contributed by atoms with Crippen molar-refractivity contribution >= 4 is 38.4 Å². The van der Waals surface area contributed by atoms with Gasteiger partial charge in [-0.05, 0) is 53.3 Å². The number of amides is 1. The number of nitrogens with two attached hydrogens (primary N) is 1. The van der Waals surface area contributed by atoms with E-state index in [0.29, 0.717) is 22.5 Å². The lowest BCUT2D eigenvalue weighted by Gasteiger charge is -2.25. The average Bonchev–Trinajstić information content (AvgIpc) is 2.67. The number of halogens is 1. The largest absolute Gasteiger partial charge is 0.379 e. The number of benzene rings is 3. The van der Waals surface area contributed by atoms with Gasteiger partial charge in [-0.1, -0.05) is 35.9 Å². The summed E-state index contributed by atoms with van der Waals surface area (Å²) in [6.07, 6.45) is 0.720. The second-order valence-corrected chi connectivity index (χ2v) is 8.51.